The molecule has 0 radical (unpaired) electrons. The van der Waals surface area contributed by atoms with E-state index in [-0.39, 0.29) is 30.9 Å². The summed E-state index contributed by atoms with van der Waals surface area (Å²) >= 11 is 0. The summed E-state index contributed by atoms with van der Waals surface area (Å²) in [6, 6.07) is 14.4. The van der Waals surface area contributed by atoms with Gasteiger partial charge in [0, 0.05) is 25.2 Å². The molecule has 0 unspecified atom stereocenters. The van der Waals surface area contributed by atoms with Crippen LogP contribution in [0.15, 0.2) is 59.1 Å². The van der Waals surface area contributed by atoms with Gasteiger partial charge in [-0.3, -0.25) is 9.78 Å². The summed E-state index contributed by atoms with van der Waals surface area (Å²) in [5.41, 5.74) is 3.74. The number of ether oxygens (including phenoxy) is 1. The summed E-state index contributed by atoms with van der Waals surface area (Å²) in [7, 11) is 3.42. The molecular formula is C24H23N5O4. The lowest BCUT2D eigenvalue weighted by Crippen LogP contribution is -2.21. The second kappa shape index (κ2) is 9.58. The molecule has 0 atom stereocenters. The van der Waals surface area contributed by atoms with Crippen LogP contribution in [-0.4, -0.2) is 63.4 Å². The second-order valence-corrected chi connectivity index (χ2v) is 7.45. The smallest absolute Gasteiger partial charge is 0.268 e. The Hall–Kier alpha value is -4.11. The summed E-state index contributed by atoms with van der Waals surface area (Å²) < 4.78 is 11.5. The molecule has 0 aliphatic rings. The van der Waals surface area contributed by atoms with E-state index in [2.05, 4.69) is 20.2 Å². The molecule has 9 heteroatoms. The molecule has 0 saturated heterocycles. The molecule has 1 N–H and O–H groups in total. The highest BCUT2D eigenvalue weighted by Crippen LogP contribution is 2.31. The molecule has 0 bridgehead atoms. The molecule has 0 saturated carbocycles. The average molecular weight is 445 g/mol. The van der Waals surface area contributed by atoms with E-state index in [0.29, 0.717) is 34.0 Å². The summed E-state index contributed by atoms with van der Waals surface area (Å²) in [6.07, 6.45) is 1.66. The molecule has 33 heavy (non-hydrogen) atoms. The van der Waals surface area contributed by atoms with E-state index < -0.39 is 0 Å². The van der Waals surface area contributed by atoms with Crippen molar-refractivity contribution in [1.82, 2.24) is 25.1 Å². The lowest BCUT2D eigenvalue weighted by Gasteiger charge is -2.10. The van der Waals surface area contributed by atoms with E-state index in [4.69, 9.17) is 14.3 Å². The highest BCUT2D eigenvalue weighted by atomic mass is 16.5. The first-order valence-corrected chi connectivity index (χ1v) is 10.3. The number of aliphatic hydroxyl groups excluding tert-OH is 1. The van der Waals surface area contributed by atoms with Crippen molar-refractivity contribution in [3.05, 3.63) is 66.0 Å². The van der Waals surface area contributed by atoms with Crippen LogP contribution < -0.4 is 4.74 Å². The zero-order valence-electron chi connectivity index (χ0n) is 18.5. The van der Waals surface area contributed by atoms with Gasteiger partial charge in [-0.2, -0.15) is 0 Å². The average Bonchev–Trinajstić information content (AvgIpc) is 3.32. The van der Waals surface area contributed by atoms with Gasteiger partial charge in [0.25, 0.3) is 17.7 Å². The molecule has 4 aromatic rings. The van der Waals surface area contributed by atoms with E-state index >= 15 is 0 Å². The number of benzene rings is 2. The quantitative estimate of drug-likeness (QED) is 0.461. The van der Waals surface area contributed by atoms with Gasteiger partial charge in [-0.25, -0.2) is 4.98 Å². The minimum Gasteiger partial charge on any atom is -0.490 e. The number of hydrogen-bond donors (Lipinski definition) is 1. The molecule has 9 nitrogen and oxygen atoms in total. The minimum absolute atomic E-state index is 0.0705. The van der Waals surface area contributed by atoms with E-state index in [1.54, 1.807) is 44.6 Å². The van der Waals surface area contributed by atoms with Gasteiger partial charge in [-0.1, -0.05) is 24.3 Å². The molecule has 2 aromatic heterocycles. The monoisotopic (exact) mass is 445 g/mol. The Morgan fingerprint density at radius 3 is 2.52 bits per heavy atom. The number of para-hydroxylation sites is 1. The number of aromatic nitrogens is 4. The van der Waals surface area contributed by atoms with Gasteiger partial charge in [-0.15, -0.1) is 10.2 Å². The van der Waals surface area contributed by atoms with Gasteiger partial charge < -0.3 is 19.2 Å². The van der Waals surface area contributed by atoms with E-state index in [9.17, 15) is 4.79 Å². The van der Waals surface area contributed by atoms with Gasteiger partial charge >= 0.3 is 0 Å². The van der Waals surface area contributed by atoms with E-state index in [0.717, 1.165) is 5.56 Å². The van der Waals surface area contributed by atoms with E-state index in [1.165, 1.54) is 4.90 Å². The Morgan fingerprint density at radius 1 is 1.06 bits per heavy atom. The van der Waals surface area contributed by atoms with Crippen LogP contribution in [0.2, 0.25) is 0 Å². The third kappa shape index (κ3) is 4.73. The van der Waals surface area contributed by atoms with Crippen LogP contribution >= 0.6 is 0 Å². The van der Waals surface area contributed by atoms with Crippen molar-refractivity contribution in [2.75, 3.05) is 27.3 Å². The fourth-order valence-electron chi connectivity index (χ4n) is 3.19. The lowest BCUT2D eigenvalue weighted by atomic mass is 10.1. The summed E-state index contributed by atoms with van der Waals surface area (Å²) in [5.74, 6) is 0.967. The van der Waals surface area contributed by atoms with Gasteiger partial charge in [0.15, 0.2) is 0 Å². The Kier molecular flexibility index (Phi) is 6.41. The number of rotatable bonds is 7. The van der Waals surface area contributed by atoms with Gasteiger partial charge in [0.05, 0.1) is 29.8 Å². The number of hydrogen-bond acceptors (Lipinski definition) is 8. The zero-order valence-corrected chi connectivity index (χ0v) is 18.5. The number of amides is 1. The highest BCUT2D eigenvalue weighted by molar-refractivity contribution is 5.94. The molecule has 168 valence electrons. The predicted molar refractivity (Wildman–Crippen MR) is 122 cm³/mol. The summed E-state index contributed by atoms with van der Waals surface area (Å²) in [4.78, 5) is 22.8. The van der Waals surface area contributed by atoms with Crippen LogP contribution in [0.5, 0.6) is 5.75 Å². The van der Waals surface area contributed by atoms with Gasteiger partial charge in [0.2, 0.25) is 0 Å². The molecule has 0 aliphatic carbocycles. The fourth-order valence-corrected chi connectivity index (χ4v) is 3.19. The SMILES string of the molecule is Cc1ncc(-c2ccc(C(=O)N(C)C)cc2)nc1-c1nnc(-c2ccccc2OCCO)o1. The number of carbonyl (C=O) groups is 1. The van der Waals surface area contributed by atoms with Crippen molar-refractivity contribution in [2.45, 2.75) is 6.92 Å². The summed E-state index contributed by atoms with van der Waals surface area (Å²) in [6.45, 7) is 1.87. The maximum Gasteiger partial charge on any atom is 0.268 e. The molecule has 2 aromatic carbocycles. The van der Waals surface area contributed by atoms with Gasteiger partial charge in [0.1, 0.15) is 18.1 Å². The third-order valence-corrected chi connectivity index (χ3v) is 4.88. The van der Waals surface area contributed by atoms with Crippen molar-refractivity contribution in [2.24, 2.45) is 0 Å². The molecule has 4 rings (SSSR count). The van der Waals surface area contributed by atoms with Crippen LogP contribution in [0, 0.1) is 6.92 Å². The lowest BCUT2D eigenvalue weighted by molar-refractivity contribution is 0.0827. The Balaban J connectivity index is 1.65. The van der Waals surface area contributed by atoms with Crippen LogP contribution in [0.25, 0.3) is 34.3 Å². The van der Waals surface area contributed by atoms with Crippen molar-refractivity contribution < 1.29 is 19.1 Å². The molecule has 2 heterocycles. The van der Waals surface area contributed by atoms with E-state index in [1.807, 2.05) is 31.2 Å². The van der Waals surface area contributed by atoms with Crippen LogP contribution in [0.4, 0.5) is 0 Å². The predicted octanol–water partition coefficient (Wildman–Crippen LogP) is 3.24. The molecule has 0 aliphatic heterocycles. The van der Waals surface area contributed by atoms with Crippen LogP contribution in [-0.2, 0) is 0 Å². The van der Waals surface area contributed by atoms with Crippen LogP contribution in [0.3, 0.4) is 0 Å². The number of carbonyl (C=O) groups excluding carboxylic acids is 1. The third-order valence-electron chi connectivity index (χ3n) is 4.88. The first kappa shape index (κ1) is 22.1. The Bertz CT molecular complexity index is 1270. The number of nitrogens with zero attached hydrogens (tertiary/aromatic N) is 5. The van der Waals surface area contributed by atoms with Crippen LogP contribution in [0.1, 0.15) is 16.1 Å². The van der Waals surface area contributed by atoms with Crippen molar-refractivity contribution in [1.29, 1.82) is 0 Å². The normalized spacial score (nSPS) is 10.8. The minimum atomic E-state index is -0.102. The maximum atomic E-state index is 12.1. The first-order valence-electron chi connectivity index (χ1n) is 10.3. The zero-order chi connectivity index (χ0) is 23.4. The second-order valence-electron chi connectivity index (χ2n) is 7.45. The van der Waals surface area contributed by atoms with Crippen molar-refractivity contribution in [3.8, 4) is 40.0 Å². The first-order chi connectivity index (χ1) is 16.0. The standard InChI is InChI=1S/C24H23N5O4/c1-15-21(23-28-27-22(33-23)18-6-4-5-7-20(18)32-13-12-30)26-19(14-25-15)16-8-10-17(11-9-16)24(31)29(2)3/h4-11,14,30H,12-13H2,1-3H3. The number of aryl methyl sites for hydroxylation is 1. The van der Waals surface area contributed by atoms with Crippen molar-refractivity contribution >= 4 is 5.91 Å². The maximum absolute atomic E-state index is 12.1. The van der Waals surface area contributed by atoms with Crippen molar-refractivity contribution in [3.63, 3.8) is 0 Å². The largest absolute Gasteiger partial charge is 0.490 e. The summed E-state index contributed by atoms with van der Waals surface area (Å²) in [5, 5.41) is 17.4. The topological polar surface area (TPSA) is 114 Å². The molecular weight excluding hydrogens is 422 g/mol. The molecule has 0 fully saturated rings. The highest BCUT2D eigenvalue weighted by Gasteiger charge is 2.18. The molecule has 0 spiro atoms. The van der Waals surface area contributed by atoms with Gasteiger partial charge in [-0.05, 0) is 31.2 Å². The number of aliphatic hydroxyl groups is 1. The Morgan fingerprint density at radius 2 is 1.79 bits per heavy atom. The molecule has 1 amide bonds. The Labute approximate surface area is 190 Å². The fraction of sp³-hybridized carbons (Fsp3) is 0.208.